The number of nitrogens with zero attached hydrogens (tertiary/aromatic N) is 3. The zero-order valence-corrected chi connectivity index (χ0v) is 14.0. The summed E-state index contributed by atoms with van der Waals surface area (Å²) >= 11 is 0. The third-order valence-electron chi connectivity index (χ3n) is 4.47. The molecule has 0 spiro atoms. The van der Waals surface area contributed by atoms with Crippen molar-refractivity contribution in [3.05, 3.63) is 59.7 Å². The molecular weight excluding hydrogens is 316 g/mol. The molecule has 3 N–H and O–H groups in total. The number of anilines is 1. The summed E-state index contributed by atoms with van der Waals surface area (Å²) in [5.41, 5.74) is 4.86. The number of aromatic amines is 1. The SMILES string of the molecule is Cc1ccn(-c2ccccc2NC(=O)NC2CCc3[nH]ncc3C2)n1. The van der Waals surface area contributed by atoms with Gasteiger partial charge in [-0.05, 0) is 49.9 Å². The van der Waals surface area contributed by atoms with Crippen molar-refractivity contribution in [1.29, 1.82) is 0 Å². The Hall–Kier alpha value is -3.09. The lowest BCUT2D eigenvalue weighted by Crippen LogP contribution is -2.41. The Balaban J connectivity index is 1.45. The lowest BCUT2D eigenvalue weighted by Gasteiger charge is -2.23. The molecule has 7 nitrogen and oxygen atoms in total. The first-order chi connectivity index (χ1) is 12.2. The Morgan fingerprint density at radius 2 is 2.20 bits per heavy atom. The molecule has 1 aliphatic carbocycles. The first-order valence-corrected chi connectivity index (χ1v) is 8.39. The second kappa shape index (κ2) is 6.43. The minimum absolute atomic E-state index is 0.115. The van der Waals surface area contributed by atoms with Crippen LogP contribution in [0.2, 0.25) is 0 Å². The molecule has 0 fully saturated rings. The summed E-state index contributed by atoms with van der Waals surface area (Å²) in [6.45, 7) is 1.94. The zero-order valence-electron chi connectivity index (χ0n) is 14.0. The number of carbonyl (C=O) groups is 1. The number of aromatic nitrogens is 4. The van der Waals surface area contributed by atoms with Crippen LogP contribution in [-0.2, 0) is 12.8 Å². The monoisotopic (exact) mass is 336 g/mol. The Morgan fingerprint density at radius 1 is 1.32 bits per heavy atom. The maximum absolute atomic E-state index is 12.4. The van der Waals surface area contributed by atoms with Crippen molar-refractivity contribution in [2.75, 3.05) is 5.32 Å². The fourth-order valence-corrected chi connectivity index (χ4v) is 3.21. The minimum Gasteiger partial charge on any atom is -0.335 e. The van der Waals surface area contributed by atoms with Crippen molar-refractivity contribution in [3.63, 3.8) is 0 Å². The Morgan fingerprint density at radius 3 is 3.04 bits per heavy atom. The Kier molecular flexibility index (Phi) is 3.97. The Labute approximate surface area is 145 Å². The second-order valence-electron chi connectivity index (χ2n) is 6.33. The summed E-state index contributed by atoms with van der Waals surface area (Å²) in [5.74, 6) is 0. The van der Waals surface area contributed by atoms with Crippen molar-refractivity contribution < 1.29 is 4.79 Å². The third kappa shape index (κ3) is 3.26. The molecule has 0 radical (unpaired) electrons. The molecule has 1 unspecified atom stereocenters. The number of aryl methyl sites for hydroxylation is 2. The highest BCUT2D eigenvalue weighted by Crippen LogP contribution is 2.21. The van der Waals surface area contributed by atoms with Gasteiger partial charge in [-0.1, -0.05) is 12.1 Å². The lowest BCUT2D eigenvalue weighted by molar-refractivity contribution is 0.247. The topological polar surface area (TPSA) is 87.6 Å². The van der Waals surface area contributed by atoms with E-state index in [0.717, 1.165) is 36.3 Å². The van der Waals surface area contributed by atoms with Crippen molar-refractivity contribution >= 4 is 11.7 Å². The van der Waals surface area contributed by atoms with Crippen LogP contribution in [0.25, 0.3) is 5.69 Å². The third-order valence-corrected chi connectivity index (χ3v) is 4.47. The molecule has 1 atom stereocenters. The maximum Gasteiger partial charge on any atom is 0.319 e. The summed E-state index contributed by atoms with van der Waals surface area (Å²) in [5, 5.41) is 17.5. The molecule has 0 aliphatic heterocycles. The number of H-pyrrole nitrogens is 1. The van der Waals surface area contributed by atoms with E-state index in [2.05, 4.69) is 25.9 Å². The number of nitrogens with one attached hydrogen (secondary N) is 3. The van der Waals surface area contributed by atoms with Crippen molar-refractivity contribution in [2.45, 2.75) is 32.2 Å². The molecule has 25 heavy (non-hydrogen) atoms. The highest BCUT2D eigenvalue weighted by atomic mass is 16.2. The molecule has 3 aromatic rings. The summed E-state index contributed by atoms with van der Waals surface area (Å²) in [7, 11) is 0. The predicted molar refractivity (Wildman–Crippen MR) is 94.9 cm³/mol. The number of urea groups is 1. The molecule has 0 saturated carbocycles. The van der Waals surface area contributed by atoms with E-state index in [-0.39, 0.29) is 12.1 Å². The minimum atomic E-state index is -0.201. The van der Waals surface area contributed by atoms with Gasteiger partial charge < -0.3 is 10.6 Å². The lowest BCUT2D eigenvalue weighted by atomic mass is 9.94. The molecular formula is C18H20N6O. The molecule has 0 saturated heterocycles. The molecule has 1 aliphatic rings. The van der Waals surface area contributed by atoms with Crippen LogP contribution < -0.4 is 10.6 Å². The van der Waals surface area contributed by atoms with Crippen molar-refractivity contribution in [3.8, 4) is 5.69 Å². The highest BCUT2D eigenvalue weighted by Gasteiger charge is 2.21. The molecule has 2 aromatic heterocycles. The summed E-state index contributed by atoms with van der Waals surface area (Å²) in [4.78, 5) is 12.4. The molecule has 0 bridgehead atoms. The fourth-order valence-electron chi connectivity index (χ4n) is 3.21. The maximum atomic E-state index is 12.4. The van der Waals surface area contributed by atoms with Gasteiger partial charge in [0.15, 0.2) is 0 Å². The van der Waals surface area contributed by atoms with E-state index in [1.165, 1.54) is 11.3 Å². The van der Waals surface area contributed by atoms with Gasteiger partial charge in [0.05, 0.1) is 23.3 Å². The van der Waals surface area contributed by atoms with E-state index in [4.69, 9.17) is 0 Å². The van der Waals surface area contributed by atoms with Crippen LogP contribution in [0.15, 0.2) is 42.7 Å². The molecule has 1 aromatic carbocycles. The molecule has 7 heteroatoms. The van der Waals surface area contributed by atoms with Crippen LogP contribution in [0.5, 0.6) is 0 Å². The van der Waals surface area contributed by atoms with Gasteiger partial charge >= 0.3 is 6.03 Å². The molecule has 2 heterocycles. The zero-order chi connectivity index (χ0) is 17.2. The average molecular weight is 336 g/mol. The van der Waals surface area contributed by atoms with Gasteiger partial charge in [-0.15, -0.1) is 0 Å². The van der Waals surface area contributed by atoms with E-state index < -0.39 is 0 Å². The van der Waals surface area contributed by atoms with Crippen LogP contribution in [0.4, 0.5) is 10.5 Å². The fraction of sp³-hybridized carbons (Fsp3) is 0.278. The van der Waals surface area contributed by atoms with E-state index in [0.29, 0.717) is 0 Å². The van der Waals surface area contributed by atoms with Crippen molar-refractivity contribution in [1.82, 2.24) is 25.3 Å². The first kappa shape index (κ1) is 15.4. The van der Waals surface area contributed by atoms with Crippen LogP contribution in [0.1, 0.15) is 23.4 Å². The molecule has 4 rings (SSSR count). The standard InChI is InChI=1S/C18H20N6O/c1-12-8-9-24(23-12)17-5-3-2-4-16(17)21-18(25)20-14-6-7-15-13(10-14)11-19-22-15/h2-5,8-9,11,14H,6-7,10H2,1H3,(H,19,22)(H2,20,21,25). The summed E-state index contributed by atoms with van der Waals surface area (Å²) < 4.78 is 1.77. The van der Waals surface area contributed by atoms with Gasteiger partial charge in [-0.3, -0.25) is 5.10 Å². The van der Waals surface area contributed by atoms with Crippen LogP contribution in [0.3, 0.4) is 0 Å². The van der Waals surface area contributed by atoms with Crippen molar-refractivity contribution in [2.24, 2.45) is 0 Å². The van der Waals surface area contributed by atoms with E-state index in [1.54, 1.807) is 4.68 Å². The average Bonchev–Trinajstić information content (AvgIpc) is 3.23. The normalized spacial score (nSPS) is 16.3. The summed E-state index contributed by atoms with van der Waals surface area (Å²) in [6.07, 6.45) is 6.34. The summed E-state index contributed by atoms with van der Waals surface area (Å²) in [6, 6.07) is 9.48. The van der Waals surface area contributed by atoms with E-state index in [1.807, 2.05) is 49.6 Å². The Bertz CT molecular complexity index is 896. The van der Waals surface area contributed by atoms with E-state index in [9.17, 15) is 4.79 Å². The smallest absolute Gasteiger partial charge is 0.319 e. The van der Waals surface area contributed by atoms with Crippen LogP contribution in [-0.4, -0.2) is 32.1 Å². The number of hydrogen-bond donors (Lipinski definition) is 3. The van der Waals surface area contributed by atoms with Gasteiger partial charge in [-0.25, -0.2) is 9.48 Å². The first-order valence-electron chi connectivity index (χ1n) is 8.39. The van der Waals surface area contributed by atoms with Gasteiger partial charge in [0, 0.05) is 17.9 Å². The van der Waals surface area contributed by atoms with Gasteiger partial charge in [0.25, 0.3) is 0 Å². The van der Waals surface area contributed by atoms with Crippen LogP contribution >= 0.6 is 0 Å². The number of carbonyl (C=O) groups excluding carboxylic acids is 1. The predicted octanol–water partition coefficient (Wildman–Crippen LogP) is 2.58. The number of fused-ring (bicyclic) bond motifs is 1. The number of amides is 2. The van der Waals surface area contributed by atoms with E-state index >= 15 is 0 Å². The van der Waals surface area contributed by atoms with Gasteiger partial charge in [0.1, 0.15) is 0 Å². The quantitative estimate of drug-likeness (QED) is 0.687. The van der Waals surface area contributed by atoms with Gasteiger partial charge in [0.2, 0.25) is 0 Å². The highest BCUT2D eigenvalue weighted by molar-refractivity contribution is 5.91. The largest absolute Gasteiger partial charge is 0.335 e. The molecule has 128 valence electrons. The number of rotatable bonds is 3. The molecule has 2 amide bonds. The number of hydrogen-bond acceptors (Lipinski definition) is 3. The number of para-hydroxylation sites is 2. The van der Waals surface area contributed by atoms with Gasteiger partial charge in [-0.2, -0.15) is 10.2 Å². The second-order valence-corrected chi connectivity index (χ2v) is 6.33. The number of benzene rings is 1. The van der Waals surface area contributed by atoms with Crippen LogP contribution in [0, 0.1) is 6.92 Å².